The van der Waals surface area contributed by atoms with Crippen LogP contribution in [0.15, 0.2) is 130 Å². The van der Waals surface area contributed by atoms with Crippen molar-refractivity contribution in [1.82, 2.24) is 0 Å². The van der Waals surface area contributed by atoms with Gasteiger partial charge in [0.25, 0.3) is 0 Å². The summed E-state index contributed by atoms with van der Waals surface area (Å²) in [5.74, 6) is 0.996. The van der Waals surface area contributed by atoms with Gasteiger partial charge in [-0.25, -0.2) is 0 Å². The highest BCUT2D eigenvalue weighted by atomic mass is 16.3. The van der Waals surface area contributed by atoms with Crippen LogP contribution in [0.2, 0.25) is 0 Å². The molecule has 0 bridgehead atoms. The molecule has 0 aromatic carbocycles. The first-order valence-electron chi connectivity index (χ1n) is 17.7. The van der Waals surface area contributed by atoms with E-state index in [0.717, 1.165) is 50.5 Å². The molecule has 1 rings (SSSR count). The van der Waals surface area contributed by atoms with Gasteiger partial charge < -0.3 is 5.11 Å². The van der Waals surface area contributed by atoms with Crippen LogP contribution >= 0.6 is 0 Å². The van der Waals surface area contributed by atoms with Gasteiger partial charge in [0.15, 0.2) is 0 Å². The molecule has 0 saturated heterocycles. The van der Waals surface area contributed by atoms with Crippen molar-refractivity contribution < 1.29 is 5.11 Å². The molecule has 0 radical (unpaired) electrons. The fourth-order valence-corrected chi connectivity index (χ4v) is 5.91. The molecule has 2 atom stereocenters. The summed E-state index contributed by atoms with van der Waals surface area (Å²) in [5.41, 5.74) is 11.0. The molecule has 1 heteroatoms. The first-order valence-corrected chi connectivity index (χ1v) is 17.7. The highest BCUT2D eigenvalue weighted by Crippen LogP contribution is 2.47. The summed E-state index contributed by atoms with van der Waals surface area (Å²) < 4.78 is 0. The Labute approximate surface area is 285 Å². The Bertz CT molecular complexity index is 1270. The monoisotopic (exact) mass is 625 g/mol. The summed E-state index contributed by atoms with van der Waals surface area (Å²) in [6, 6.07) is 0. The average Bonchev–Trinajstić information content (AvgIpc) is 2.98. The van der Waals surface area contributed by atoms with Crippen LogP contribution in [-0.2, 0) is 0 Å². The van der Waals surface area contributed by atoms with Gasteiger partial charge in [0.2, 0.25) is 0 Å². The number of allylic oxidation sites excluding steroid dienone is 21. The van der Waals surface area contributed by atoms with E-state index in [4.69, 9.17) is 0 Å². The topological polar surface area (TPSA) is 20.2 Å². The molecule has 1 aliphatic rings. The maximum atomic E-state index is 9.39. The molecule has 0 fully saturated rings. The maximum Gasteiger partial charge on any atom is 0.0639 e. The van der Waals surface area contributed by atoms with Gasteiger partial charge in [0, 0.05) is 5.92 Å². The van der Waals surface area contributed by atoms with Crippen molar-refractivity contribution in [3.63, 3.8) is 0 Å². The summed E-state index contributed by atoms with van der Waals surface area (Å²) in [7, 11) is 0. The van der Waals surface area contributed by atoms with E-state index in [-0.39, 0.29) is 12.0 Å². The van der Waals surface area contributed by atoms with Gasteiger partial charge in [-0.15, -0.1) is 0 Å². The molecule has 0 heterocycles. The lowest BCUT2D eigenvalue weighted by molar-refractivity contribution is 0.154. The van der Waals surface area contributed by atoms with Crippen molar-refractivity contribution in [1.29, 1.82) is 0 Å². The Morgan fingerprint density at radius 2 is 1.24 bits per heavy atom. The van der Waals surface area contributed by atoms with Gasteiger partial charge in [-0.3, -0.25) is 0 Å². The molecule has 1 N–H and O–H groups in total. The van der Waals surface area contributed by atoms with Crippen LogP contribution in [0, 0.1) is 17.3 Å². The van der Waals surface area contributed by atoms with Gasteiger partial charge in [-0.05, 0) is 125 Å². The number of aliphatic hydroxyl groups excluding tert-OH is 1. The molecule has 0 aliphatic heterocycles. The smallest absolute Gasteiger partial charge is 0.0639 e. The second-order valence-corrected chi connectivity index (χ2v) is 14.6. The van der Waals surface area contributed by atoms with E-state index in [1.54, 1.807) is 0 Å². The molecule has 1 aliphatic carbocycles. The van der Waals surface area contributed by atoms with E-state index in [9.17, 15) is 5.11 Å². The zero-order valence-corrected chi connectivity index (χ0v) is 31.5. The molecule has 1 nitrogen and oxygen atoms in total. The molecule has 46 heavy (non-hydrogen) atoms. The first kappa shape index (κ1) is 41.1. The minimum Gasteiger partial charge on any atom is -0.392 e. The van der Waals surface area contributed by atoms with Crippen molar-refractivity contribution in [2.24, 2.45) is 17.3 Å². The van der Waals surface area contributed by atoms with Crippen LogP contribution in [0.5, 0.6) is 0 Å². The molecule has 0 aromatic rings. The third-order valence-electron chi connectivity index (χ3n) is 9.34. The van der Waals surface area contributed by atoms with E-state index < -0.39 is 0 Å². The summed E-state index contributed by atoms with van der Waals surface area (Å²) in [6.45, 7) is 24.7. The van der Waals surface area contributed by atoms with Crippen LogP contribution in [0.4, 0.5) is 0 Å². The molecule has 254 valence electrons. The van der Waals surface area contributed by atoms with Gasteiger partial charge in [0.1, 0.15) is 0 Å². The maximum absolute atomic E-state index is 9.39. The standard InChI is InChI=1S/C45H68O/c1-35(2)18-14-21-38(5)24-16-26-39(6)25-15-22-36(3)19-12-13-20-37(4)23-17-27-40(7)29-33-44-42(9)30-32-43(45(44,10)11)31-28-41(8)34-46/h12-13,17-20,23-25,27-30,33,43-44,46H,14-16,21-22,26,31-32,34H2,1-11H3/b13-12+,23-17+,33-29+,36-19+,37-20+,38-24+,39-25+,40-27+,41-28+/t43-,44+/m0/s1. The third-order valence-corrected chi connectivity index (χ3v) is 9.34. The largest absolute Gasteiger partial charge is 0.392 e. The fourth-order valence-electron chi connectivity index (χ4n) is 5.91. The predicted octanol–water partition coefficient (Wildman–Crippen LogP) is 13.6. The molecular weight excluding hydrogens is 556 g/mol. The molecule has 0 unspecified atom stereocenters. The highest BCUT2D eigenvalue weighted by Gasteiger charge is 2.38. The van der Waals surface area contributed by atoms with E-state index in [1.165, 1.54) is 45.4 Å². The van der Waals surface area contributed by atoms with Crippen molar-refractivity contribution in [3.8, 4) is 0 Å². The predicted molar refractivity (Wildman–Crippen MR) is 208 cm³/mol. The summed E-state index contributed by atoms with van der Waals surface area (Å²) >= 11 is 0. The van der Waals surface area contributed by atoms with Gasteiger partial charge in [-0.1, -0.05) is 143 Å². The van der Waals surface area contributed by atoms with E-state index in [1.807, 2.05) is 6.92 Å². The molecular formula is C45H68O. The average molecular weight is 625 g/mol. The fraction of sp³-hybridized carbons (Fsp3) is 0.511. The summed E-state index contributed by atoms with van der Waals surface area (Å²) in [6.07, 6.45) is 40.7. The number of aliphatic hydroxyl groups is 1. The molecule has 0 amide bonds. The first-order chi connectivity index (χ1) is 21.8. The Hall–Kier alpha value is -2.90. The van der Waals surface area contributed by atoms with E-state index >= 15 is 0 Å². The van der Waals surface area contributed by atoms with Crippen LogP contribution in [0.1, 0.15) is 128 Å². The third kappa shape index (κ3) is 17.7. The molecule has 0 spiro atoms. The Morgan fingerprint density at radius 1 is 0.696 bits per heavy atom. The Kier molecular flexibility index (Phi) is 20.2. The Morgan fingerprint density at radius 3 is 1.85 bits per heavy atom. The van der Waals surface area contributed by atoms with Crippen molar-refractivity contribution in [2.45, 2.75) is 128 Å². The van der Waals surface area contributed by atoms with Crippen molar-refractivity contribution in [3.05, 3.63) is 130 Å². The van der Waals surface area contributed by atoms with E-state index in [0.29, 0.717) is 11.8 Å². The lowest BCUT2D eigenvalue weighted by Crippen LogP contribution is -2.35. The lowest BCUT2D eigenvalue weighted by atomic mass is 9.61. The van der Waals surface area contributed by atoms with Crippen LogP contribution in [-0.4, -0.2) is 11.7 Å². The normalized spacial score (nSPS) is 20.7. The zero-order chi connectivity index (χ0) is 34.5. The Balaban J connectivity index is 2.57. The van der Waals surface area contributed by atoms with Gasteiger partial charge in [0.05, 0.1) is 6.61 Å². The minimum absolute atomic E-state index is 0.152. The summed E-state index contributed by atoms with van der Waals surface area (Å²) in [5, 5.41) is 9.39. The van der Waals surface area contributed by atoms with Gasteiger partial charge >= 0.3 is 0 Å². The minimum atomic E-state index is 0.152. The zero-order valence-electron chi connectivity index (χ0n) is 31.5. The van der Waals surface area contributed by atoms with Gasteiger partial charge in [-0.2, -0.15) is 0 Å². The highest BCUT2D eigenvalue weighted by molar-refractivity contribution is 5.31. The second-order valence-electron chi connectivity index (χ2n) is 14.6. The summed E-state index contributed by atoms with van der Waals surface area (Å²) in [4.78, 5) is 0. The van der Waals surface area contributed by atoms with Crippen molar-refractivity contribution in [2.75, 3.05) is 6.61 Å². The van der Waals surface area contributed by atoms with Crippen LogP contribution in [0.25, 0.3) is 0 Å². The number of hydrogen-bond acceptors (Lipinski definition) is 1. The van der Waals surface area contributed by atoms with Crippen molar-refractivity contribution >= 4 is 0 Å². The van der Waals surface area contributed by atoms with E-state index in [2.05, 4.69) is 154 Å². The molecule has 0 aromatic heterocycles. The number of hydrogen-bond donors (Lipinski definition) is 1. The van der Waals surface area contributed by atoms with Crippen LogP contribution in [0.3, 0.4) is 0 Å². The quantitative estimate of drug-likeness (QED) is 0.119. The SMILES string of the molecule is CC(C)=CCC/C(C)=C/CC/C(C)=C/CC/C(C)=C/C=C/C=C(C)/C=C/C=C(C)/C=C/[C@@H]1C(C)=CC[C@H](C/C=C(\C)CO)C1(C)C. The lowest BCUT2D eigenvalue weighted by Gasteiger charge is -2.43. The molecule has 0 saturated carbocycles. The second kappa shape index (κ2) is 22.6. The number of rotatable bonds is 18. The van der Waals surface area contributed by atoms with Crippen LogP contribution < -0.4 is 0 Å².